The maximum Gasteiger partial charge on any atom is 0.335 e. The van der Waals surface area contributed by atoms with E-state index in [1.54, 1.807) is 102 Å². The first-order valence-corrected chi connectivity index (χ1v) is 26.0. The third-order valence-corrected chi connectivity index (χ3v) is 15.7. The van der Waals surface area contributed by atoms with Gasteiger partial charge in [0.15, 0.2) is 0 Å². The van der Waals surface area contributed by atoms with Gasteiger partial charge in [-0.1, -0.05) is 30.3 Å². The smallest absolute Gasteiger partial charge is 0.335 e. The van der Waals surface area contributed by atoms with Crippen molar-refractivity contribution in [3.63, 3.8) is 0 Å². The fourth-order valence-electron chi connectivity index (χ4n) is 8.63. The molecule has 1 aliphatic carbocycles. The van der Waals surface area contributed by atoms with Gasteiger partial charge in [0.25, 0.3) is 30.2 Å². The summed E-state index contributed by atoms with van der Waals surface area (Å²) >= 11 is 0. The van der Waals surface area contributed by atoms with Crippen molar-refractivity contribution in [2.24, 2.45) is 4.99 Å². The highest BCUT2D eigenvalue weighted by Gasteiger charge is 2.27. The molecule has 1 aliphatic heterocycles. The summed E-state index contributed by atoms with van der Waals surface area (Å²) in [6.07, 6.45) is 0. The molecule has 0 unspecified atom stereocenters. The van der Waals surface area contributed by atoms with Crippen molar-refractivity contribution in [3.8, 4) is 33.9 Å². The molecule has 72 heavy (non-hydrogen) atoms. The lowest BCUT2D eigenvalue weighted by atomic mass is 9.93. The van der Waals surface area contributed by atoms with Gasteiger partial charge in [-0.15, -0.1) is 0 Å². The normalized spacial score (nSPS) is 12.3. The molecule has 370 valence electrons. The van der Waals surface area contributed by atoms with Gasteiger partial charge in [0.1, 0.15) is 37.5 Å². The van der Waals surface area contributed by atoms with E-state index in [1.165, 1.54) is 12.1 Å². The number of hydrogen-bond acceptors (Lipinski definition) is 13. The van der Waals surface area contributed by atoms with Crippen molar-refractivity contribution < 1.29 is 64.2 Å². The number of aryl methyl sites for hydroxylation is 4. The van der Waals surface area contributed by atoms with Gasteiger partial charge >= 0.3 is 11.9 Å². The third-order valence-electron chi connectivity index (χ3n) is 12.0. The number of carbonyl (C=O) groups is 2. The SMILES string of the molecule is Cc1cc(C)c(NS(=O)(=O)c2cc(C(=O)O)ccc2O)c(C)c1N=c1ccc2c(-c3ccccc3S(=O)(=O)O)c3ccc(Nc4c(C)cc(C)c(NS(=O)(=O)c5cc(C(=O)O)ccc5O)c4C)cc3oc-2c1. The number of benzene rings is 7. The molecule has 2 aliphatic rings. The van der Waals surface area contributed by atoms with Gasteiger partial charge in [0.05, 0.1) is 33.5 Å². The summed E-state index contributed by atoms with van der Waals surface area (Å²) in [6, 6.07) is 25.1. The monoisotopic (exact) mass is 1030 g/mol. The highest BCUT2D eigenvalue weighted by Crippen LogP contribution is 2.44. The zero-order valence-electron chi connectivity index (χ0n) is 39.0. The molecule has 1 heterocycles. The van der Waals surface area contributed by atoms with Crippen LogP contribution in [0.25, 0.3) is 33.4 Å². The Kier molecular flexibility index (Phi) is 12.9. The van der Waals surface area contributed by atoms with E-state index in [4.69, 9.17) is 9.41 Å². The fraction of sp³-hybridized carbons (Fsp3) is 0.118. The second-order valence-electron chi connectivity index (χ2n) is 17.0. The standard InChI is InChI=1S/C51H44N4O14S3/c1-25-19-27(3)48(54-70(62,63)43-21-31(50(58)59)11-17-38(43)56)29(5)46(25)52-33-13-15-35-40(23-33)69-41-24-34(14-16-36(41)45(35)37-9-7-8-10-42(37)72(66,67)68)53-47-26(2)20-28(4)49(30(47)6)55-71(64,65)44-22-32(51(60)61)12-18-39(44)57/h7-24,52,54-57H,1-6H3,(H,58,59)(H,60,61)(H,66,67,68). The van der Waals surface area contributed by atoms with Crippen LogP contribution in [0.4, 0.5) is 28.4 Å². The van der Waals surface area contributed by atoms with Crippen molar-refractivity contribution in [2.45, 2.75) is 56.2 Å². The van der Waals surface area contributed by atoms with Crippen molar-refractivity contribution in [1.82, 2.24) is 0 Å². The Balaban J connectivity index is 1.26. The van der Waals surface area contributed by atoms with Crippen molar-refractivity contribution in [1.29, 1.82) is 0 Å². The van der Waals surface area contributed by atoms with E-state index >= 15 is 0 Å². The van der Waals surface area contributed by atoms with Gasteiger partial charge in [-0.05, 0) is 142 Å². The molecule has 0 amide bonds. The Morgan fingerprint density at radius 3 is 1.67 bits per heavy atom. The van der Waals surface area contributed by atoms with E-state index in [-0.39, 0.29) is 44.3 Å². The van der Waals surface area contributed by atoms with E-state index < -0.39 is 63.4 Å². The second kappa shape index (κ2) is 18.5. The minimum absolute atomic E-state index is 0.133. The maximum atomic E-state index is 13.7. The Bertz CT molecular complexity index is 4020. The van der Waals surface area contributed by atoms with Crippen molar-refractivity contribution in [3.05, 3.63) is 159 Å². The summed E-state index contributed by atoms with van der Waals surface area (Å²) in [5, 5.41) is 44.0. The molecule has 0 radical (unpaired) electrons. The maximum absolute atomic E-state index is 13.7. The Hall–Kier alpha value is -8.24. The second-order valence-corrected chi connectivity index (χ2v) is 21.7. The highest BCUT2D eigenvalue weighted by atomic mass is 32.2. The summed E-state index contributed by atoms with van der Waals surface area (Å²) in [5.74, 6) is -3.87. The molecular weight excluding hydrogens is 989 g/mol. The fourth-order valence-corrected chi connectivity index (χ4v) is 12.0. The number of aromatic carboxylic acids is 2. The molecule has 8 rings (SSSR count). The predicted molar refractivity (Wildman–Crippen MR) is 270 cm³/mol. The number of fused-ring (bicyclic) bond motifs is 2. The molecule has 0 aromatic heterocycles. The van der Waals surface area contributed by atoms with E-state index in [0.29, 0.717) is 72.3 Å². The molecule has 0 saturated carbocycles. The molecule has 0 atom stereocenters. The van der Waals surface area contributed by atoms with E-state index in [1.807, 2.05) is 0 Å². The summed E-state index contributed by atoms with van der Waals surface area (Å²) in [6.45, 7) is 10.2. The topological polar surface area (TPSA) is 299 Å². The van der Waals surface area contributed by atoms with Crippen LogP contribution < -0.4 is 20.1 Å². The molecule has 0 spiro atoms. The van der Waals surface area contributed by atoms with Gasteiger partial charge < -0.3 is 30.2 Å². The molecule has 6 aromatic carbocycles. The quantitative estimate of drug-likeness (QED) is 0.0394. The average molecular weight is 1030 g/mol. The third kappa shape index (κ3) is 9.52. The molecule has 18 nitrogen and oxygen atoms in total. The van der Waals surface area contributed by atoms with Crippen LogP contribution in [-0.4, -0.2) is 62.2 Å². The molecule has 21 heteroatoms. The molecule has 8 N–H and O–H groups in total. The highest BCUT2D eigenvalue weighted by molar-refractivity contribution is 7.93. The lowest BCUT2D eigenvalue weighted by Crippen LogP contribution is -2.16. The van der Waals surface area contributed by atoms with E-state index in [9.17, 15) is 59.8 Å². The number of nitrogens with zero attached hydrogens (tertiary/aromatic N) is 1. The van der Waals surface area contributed by atoms with Crippen LogP contribution >= 0.6 is 0 Å². The molecule has 6 aromatic rings. The van der Waals surface area contributed by atoms with E-state index in [2.05, 4.69) is 14.8 Å². The number of sulfonamides is 2. The van der Waals surface area contributed by atoms with Crippen LogP contribution in [0.15, 0.2) is 133 Å². The van der Waals surface area contributed by atoms with Crippen molar-refractivity contribution >= 4 is 81.5 Å². The van der Waals surface area contributed by atoms with Crippen LogP contribution in [0.3, 0.4) is 0 Å². The summed E-state index contributed by atoms with van der Waals surface area (Å²) < 4.78 is 102. The summed E-state index contributed by atoms with van der Waals surface area (Å²) in [4.78, 5) is 26.5. The number of rotatable bonds is 13. The lowest BCUT2D eigenvalue weighted by molar-refractivity contribution is 0.0685. The van der Waals surface area contributed by atoms with Crippen LogP contribution in [0.1, 0.15) is 54.1 Å². The number of phenols is 2. The molecule has 0 bridgehead atoms. The van der Waals surface area contributed by atoms with Crippen LogP contribution in [0.5, 0.6) is 11.5 Å². The first-order chi connectivity index (χ1) is 33.7. The predicted octanol–water partition coefficient (Wildman–Crippen LogP) is 9.69. The number of hydrogen-bond donors (Lipinski definition) is 8. The van der Waals surface area contributed by atoms with Gasteiger partial charge in [-0.2, -0.15) is 8.42 Å². The molecule has 0 saturated heterocycles. The Morgan fingerprint density at radius 2 is 1.10 bits per heavy atom. The lowest BCUT2D eigenvalue weighted by Gasteiger charge is -2.21. The Morgan fingerprint density at radius 1 is 0.556 bits per heavy atom. The largest absolute Gasteiger partial charge is 0.507 e. The number of carboxylic acid groups (broad SMARTS) is 2. The number of phenolic OH excluding ortho intramolecular Hbond substituents is 2. The first kappa shape index (κ1) is 50.2. The van der Waals surface area contributed by atoms with Gasteiger partial charge in [-0.25, -0.2) is 31.4 Å². The zero-order valence-corrected chi connectivity index (χ0v) is 41.4. The van der Waals surface area contributed by atoms with Crippen LogP contribution in [0, 0.1) is 41.5 Å². The van der Waals surface area contributed by atoms with Crippen LogP contribution in [-0.2, 0) is 30.2 Å². The number of nitrogens with one attached hydrogen (secondary N) is 3. The number of aromatic hydroxyl groups is 2. The molecule has 0 fully saturated rings. The van der Waals surface area contributed by atoms with E-state index in [0.717, 1.165) is 36.4 Å². The minimum atomic E-state index is -4.77. The van der Waals surface area contributed by atoms with Gasteiger partial charge in [0, 0.05) is 45.6 Å². The zero-order chi connectivity index (χ0) is 52.4. The van der Waals surface area contributed by atoms with Crippen molar-refractivity contribution in [2.75, 3.05) is 14.8 Å². The van der Waals surface area contributed by atoms with Gasteiger partial charge in [0.2, 0.25) is 0 Å². The van der Waals surface area contributed by atoms with Gasteiger partial charge in [-0.3, -0.25) is 14.0 Å². The van der Waals surface area contributed by atoms with Crippen LogP contribution in [0.2, 0.25) is 0 Å². The minimum Gasteiger partial charge on any atom is -0.507 e. The number of anilines is 4. The summed E-state index contributed by atoms with van der Waals surface area (Å²) in [7, 11) is -13.8. The first-order valence-electron chi connectivity index (χ1n) is 21.5. The summed E-state index contributed by atoms with van der Waals surface area (Å²) in [5.41, 5.74) is 5.29. The average Bonchev–Trinajstić information content (AvgIpc) is 3.30. The number of carboxylic acids is 2. The Labute approximate surface area is 412 Å². The molecular formula is C51H44N4O14S3.